The molecule has 0 radical (unpaired) electrons. The molecule has 1 fully saturated rings. The summed E-state index contributed by atoms with van der Waals surface area (Å²) in [7, 11) is 0. The van der Waals surface area contributed by atoms with E-state index in [4.69, 9.17) is 0 Å². The third kappa shape index (κ3) is 2.83. The number of likely N-dealkylation sites (tertiary alicyclic amines) is 1. The molecule has 1 aliphatic heterocycles. The fraction of sp³-hybridized carbons (Fsp3) is 0.353. The third-order valence-electron chi connectivity index (χ3n) is 4.05. The van der Waals surface area contributed by atoms with Crippen LogP contribution in [0.25, 0.3) is 0 Å². The van der Waals surface area contributed by atoms with E-state index in [0.717, 1.165) is 25.1 Å². The summed E-state index contributed by atoms with van der Waals surface area (Å²) >= 11 is 0. The first kappa shape index (κ1) is 13.1. The Labute approximate surface area is 119 Å². The van der Waals surface area contributed by atoms with Crippen molar-refractivity contribution in [2.24, 2.45) is 0 Å². The minimum Gasteiger partial charge on any atom is -0.329 e. The number of piperidine rings is 1. The molecule has 20 heavy (non-hydrogen) atoms. The number of hydrogen-bond donors (Lipinski definition) is 1. The minimum atomic E-state index is 0.0532. The average molecular weight is 268 g/mol. The van der Waals surface area contributed by atoms with E-state index in [1.165, 1.54) is 18.4 Å². The van der Waals surface area contributed by atoms with Crippen molar-refractivity contribution >= 4 is 0 Å². The van der Waals surface area contributed by atoms with Crippen molar-refractivity contribution in [3.05, 3.63) is 70.1 Å². The summed E-state index contributed by atoms with van der Waals surface area (Å²) in [5.41, 5.74) is 2.27. The fourth-order valence-electron chi connectivity index (χ4n) is 3.05. The number of benzene rings is 1. The normalized spacial score (nSPS) is 19.9. The lowest BCUT2D eigenvalue weighted by Crippen LogP contribution is -2.35. The first-order chi connectivity index (χ1) is 9.84. The second-order valence-corrected chi connectivity index (χ2v) is 5.42. The molecule has 2 aromatic rings. The van der Waals surface area contributed by atoms with Gasteiger partial charge in [0.05, 0.1) is 0 Å². The number of nitrogens with zero attached hydrogens (tertiary/aromatic N) is 1. The van der Waals surface area contributed by atoms with E-state index in [2.05, 4.69) is 34.1 Å². The zero-order chi connectivity index (χ0) is 13.8. The number of nitrogens with one attached hydrogen (secondary N) is 1. The Morgan fingerprint density at radius 3 is 2.75 bits per heavy atom. The first-order valence-corrected chi connectivity index (χ1v) is 7.30. The van der Waals surface area contributed by atoms with Gasteiger partial charge in [0.25, 0.3) is 5.56 Å². The van der Waals surface area contributed by atoms with Gasteiger partial charge < -0.3 is 4.98 Å². The van der Waals surface area contributed by atoms with Crippen LogP contribution in [0, 0.1) is 0 Å². The van der Waals surface area contributed by atoms with E-state index in [1.54, 1.807) is 6.20 Å². The Morgan fingerprint density at radius 2 is 1.95 bits per heavy atom. The zero-order valence-electron chi connectivity index (χ0n) is 11.6. The van der Waals surface area contributed by atoms with Crippen molar-refractivity contribution in [1.82, 2.24) is 9.88 Å². The molecule has 0 aliphatic carbocycles. The monoisotopic (exact) mass is 268 g/mol. The van der Waals surface area contributed by atoms with Crippen molar-refractivity contribution in [3.8, 4) is 0 Å². The molecule has 3 rings (SSSR count). The van der Waals surface area contributed by atoms with Crippen LogP contribution in [-0.4, -0.2) is 16.4 Å². The topological polar surface area (TPSA) is 36.1 Å². The highest BCUT2D eigenvalue weighted by atomic mass is 16.1. The Morgan fingerprint density at radius 1 is 1.10 bits per heavy atom. The zero-order valence-corrected chi connectivity index (χ0v) is 11.6. The predicted molar refractivity (Wildman–Crippen MR) is 80.5 cm³/mol. The molecule has 1 atom stereocenters. The van der Waals surface area contributed by atoms with Crippen molar-refractivity contribution in [3.63, 3.8) is 0 Å². The van der Waals surface area contributed by atoms with Gasteiger partial charge in [-0.1, -0.05) is 42.8 Å². The molecule has 3 heteroatoms. The number of aromatic amines is 1. The Balaban J connectivity index is 1.85. The minimum absolute atomic E-state index is 0.0532. The number of H-pyrrole nitrogens is 1. The van der Waals surface area contributed by atoms with Crippen molar-refractivity contribution in [2.45, 2.75) is 31.8 Å². The van der Waals surface area contributed by atoms with E-state index in [9.17, 15) is 4.79 Å². The SMILES string of the molecule is O=c1[nH]cccc1C1CCCCN1Cc1ccccc1. The summed E-state index contributed by atoms with van der Waals surface area (Å²) in [5.74, 6) is 0. The van der Waals surface area contributed by atoms with E-state index in [1.807, 2.05) is 18.2 Å². The van der Waals surface area contributed by atoms with Gasteiger partial charge in [-0.2, -0.15) is 0 Å². The van der Waals surface area contributed by atoms with E-state index < -0.39 is 0 Å². The average Bonchev–Trinajstić information content (AvgIpc) is 2.50. The molecule has 0 spiro atoms. The van der Waals surface area contributed by atoms with Crippen LogP contribution in [0.1, 0.15) is 36.4 Å². The van der Waals surface area contributed by atoms with Gasteiger partial charge in [0.1, 0.15) is 0 Å². The largest absolute Gasteiger partial charge is 0.329 e. The van der Waals surface area contributed by atoms with Gasteiger partial charge in [-0.15, -0.1) is 0 Å². The summed E-state index contributed by atoms with van der Waals surface area (Å²) in [6.45, 7) is 1.98. The van der Waals surface area contributed by atoms with E-state index >= 15 is 0 Å². The molecule has 1 unspecified atom stereocenters. The van der Waals surface area contributed by atoms with Crippen LogP contribution in [0.4, 0.5) is 0 Å². The molecule has 0 bridgehead atoms. The molecule has 104 valence electrons. The van der Waals surface area contributed by atoms with E-state index in [0.29, 0.717) is 0 Å². The molecule has 0 saturated carbocycles. The lowest BCUT2D eigenvalue weighted by molar-refractivity contribution is 0.139. The summed E-state index contributed by atoms with van der Waals surface area (Å²) in [6, 6.07) is 14.6. The Hall–Kier alpha value is -1.87. The highest BCUT2D eigenvalue weighted by molar-refractivity contribution is 5.18. The molecule has 3 nitrogen and oxygen atoms in total. The predicted octanol–water partition coefficient (Wildman–Crippen LogP) is 3.10. The van der Waals surface area contributed by atoms with Gasteiger partial charge >= 0.3 is 0 Å². The quantitative estimate of drug-likeness (QED) is 0.928. The van der Waals surface area contributed by atoms with Crippen LogP contribution >= 0.6 is 0 Å². The first-order valence-electron chi connectivity index (χ1n) is 7.30. The molecule has 2 heterocycles. The van der Waals surface area contributed by atoms with Gasteiger partial charge in [0.15, 0.2) is 0 Å². The van der Waals surface area contributed by atoms with E-state index in [-0.39, 0.29) is 11.6 Å². The summed E-state index contributed by atoms with van der Waals surface area (Å²) in [4.78, 5) is 17.3. The molecule has 1 N–H and O–H groups in total. The molecule has 1 aliphatic rings. The van der Waals surface area contributed by atoms with Crippen molar-refractivity contribution in [1.29, 1.82) is 0 Å². The molecule has 1 aromatic heterocycles. The molecule has 0 amide bonds. The molecular formula is C17H20N2O. The van der Waals surface area contributed by atoms with Crippen molar-refractivity contribution < 1.29 is 0 Å². The van der Waals surface area contributed by atoms with Crippen LogP contribution in [0.3, 0.4) is 0 Å². The standard InChI is InChI=1S/C17H20N2O/c20-17-15(9-6-11-18-17)16-10-4-5-12-19(16)13-14-7-2-1-3-8-14/h1-3,6-9,11,16H,4-5,10,12-13H2,(H,18,20). The number of hydrogen-bond acceptors (Lipinski definition) is 2. The van der Waals surface area contributed by atoms with Gasteiger partial charge in [0.2, 0.25) is 0 Å². The lowest BCUT2D eigenvalue weighted by atomic mass is 9.95. The summed E-state index contributed by atoms with van der Waals surface area (Å²) in [6.07, 6.45) is 5.19. The van der Waals surface area contributed by atoms with Gasteiger partial charge in [-0.3, -0.25) is 9.69 Å². The Kier molecular flexibility index (Phi) is 3.97. The van der Waals surface area contributed by atoms with Crippen LogP contribution in [-0.2, 0) is 6.54 Å². The molecular weight excluding hydrogens is 248 g/mol. The summed E-state index contributed by atoms with van der Waals surface area (Å²) in [5, 5.41) is 0. The second kappa shape index (κ2) is 6.06. The number of pyridine rings is 1. The maximum atomic E-state index is 12.0. The number of rotatable bonds is 3. The van der Waals surface area contributed by atoms with Crippen LogP contribution in [0.2, 0.25) is 0 Å². The molecule has 1 saturated heterocycles. The highest BCUT2D eigenvalue weighted by Gasteiger charge is 2.25. The van der Waals surface area contributed by atoms with Gasteiger partial charge in [-0.05, 0) is 31.0 Å². The van der Waals surface area contributed by atoms with Crippen LogP contribution in [0.15, 0.2) is 53.5 Å². The smallest absolute Gasteiger partial charge is 0.252 e. The maximum absolute atomic E-state index is 12.0. The maximum Gasteiger partial charge on any atom is 0.252 e. The van der Waals surface area contributed by atoms with Crippen LogP contribution in [0.5, 0.6) is 0 Å². The van der Waals surface area contributed by atoms with Gasteiger partial charge in [0, 0.05) is 24.3 Å². The highest BCUT2D eigenvalue weighted by Crippen LogP contribution is 2.30. The number of aromatic nitrogens is 1. The third-order valence-corrected chi connectivity index (χ3v) is 4.05. The Bertz CT molecular complexity index is 606. The van der Waals surface area contributed by atoms with Crippen molar-refractivity contribution in [2.75, 3.05) is 6.54 Å². The van der Waals surface area contributed by atoms with Gasteiger partial charge in [-0.25, -0.2) is 0 Å². The second-order valence-electron chi connectivity index (χ2n) is 5.42. The fourth-order valence-corrected chi connectivity index (χ4v) is 3.05. The lowest BCUT2D eigenvalue weighted by Gasteiger charge is -2.35. The summed E-state index contributed by atoms with van der Waals surface area (Å²) < 4.78 is 0. The van der Waals surface area contributed by atoms with Crippen LogP contribution < -0.4 is 5.56 Å². The molecule has 1 aromatic carbocycles.